The molecule has 3 N–H and O–H groups in total. The number of anilines is 2. The molecule has 0 aliphatic heterocycles. The van der Waals surface area contributed by atoms with Crippen molar-refractivity contribution in [2.75, 3.05) is 19.0 Å². The van der Waals surface area contributed by atoms with Crippen LogP contribution < -0.4 is 31.0 Å². The maximum atomic E-state index is 13.1. The Labute approximate surface area is 229 Å². The zero-order valence-electron chi connectivity index (χ0n) is 22.1. The molecule has 0 radical (unpaired) electrons. The summed E-state index contributed by atoms with van der Waals surface area (Å²) in [4.78, 5) is 35.5. The molecule has 1 aliphatic carbocycles. The van der Waals surface area contributed by atoms with E-state index in [2.05, 4.69) is 25.6 Å². The number of sulfonamides is 1. The number of amides is 1. The van der Waals surface area contributed by atoms with Gasteiger partial charge >= 0.3 is 6.09 Å². The number of ether oxygens (including phenoxy) is 2. The third kappa shape index (κ3) is 6.28. The molecule has 2 aromatic carbocycles. The Balaban J connectivity index is 1.55. The van der Waals surface area contributed by atoms with E-state index in [1.807, 2.05) is 0 Å². The van der Waals surface area contributed by atoms with Gasteiger partial charge in [0.15, 0.2) is 5.75 Å². The average molecular weight is 578 g/mol. The van der Waals surface area contributed by atoms with Gasteiger partial charge in [-0.15, -0.1) is 10.2 Å². The van der Waals surface area contributed by atoms with Crippen molar-refractivity contribution >= 4 is 38.8 Å². The fourth-order valence-electron chi connectivity index (χ4n) is 4.50. The Morgan fingerprint density at radius 1 is 1.13 bits per heavy atom. The van der Waals surface area contributed by atoms with Crippen LogP contribution >= 0.6 is 11.3 Å². The highest BCUT2D eigenvalue weighted by molar-refractivity contribution is 7.89. The van der Waals surface area contributed by atoms with Gasteiger partial charge in [0.25, 0.3) is 10.9 Å². The van der Waals surface area contributed by atoms with Gasteiger partial charge in [-0.25, -0.2) is 17.9 Å². The van der Waals surface area contributed by atoms with Gasteiger partial charge in [0.1, 0.15) is 15.7 Å². The van der Waals surface area contributed by atoms with E-state index in [0.717, 1.165) is 30.7 Å². The van der Waals surface area contributed by atoms with Crippen molar-refractivity contribution in [3.05, 3.63) is 43.7 Å². The van der Waals surface area contributed by atoms with Crippen LogP contribution in [0.2, 0.25) is 0 Å². The summed E-state index contributed by atoms with van der Waals surface area (Å²) in [6.45, 7) is 5.45. The largest absolute Gasteiger partial charge is 0.491 e. The molecule has 210 valence electrons. The Morgan fingerprint density at radius 2 is 1.85 bits per heavy atom. The Morgan fingerprint density at radius 3 is 2.49 bits per heavy atom. The summed E-state index contributed by atoms with van der Waals surface area (Å²) in [5, 5.41) is 15.6. The number of rotatable bonds is 10. The summed E-state index contributed by atoms with van der Waals surface area (Å²) < 4.78 is 38.8. The molecular weight excluding hydrogens is 546 g/mol. The van der Waals surface area contributed by atoms with Gasteiger partial charge < -0.3 is 20.1 Å². The van der Waals surface area contributed by atoms with Gasteiger partial charge in [-0.2, -0.15) is 0 Å². The number of nitrogens with one attached hydrogen (secondary N) is 3. The van der Waals surface area contributed by atoms with Crippen LogP contribution in [-0.2, 0) is 14.8 Å². The summed E-state index contributed by atoms with van der Waals surface area (Å²) in [6, 6.07) is 4.61. The van der Waals surface area contributed by atoms with Crippen molar-refractivity contribution < 1.29 is 22.7 Å². The first-order chi connectivity index (χ1) is 18.5. The third-order valence-corrected chi connectivity index (χ3v) is 9.06. The number of carbonyl (C=O) groups excluding carboxylic acids is 1. The van der Waals surface area contributed by atoms with Crippen LogP contribution in [-0.4, -0.2) is 50.5 Å². The lowest BCUT2D eigenvalue weighted by Gasteiger charge is -2.27. The highest BCUT2D eigenvalue weighted by Gasteiger charge is 2.29. The fraction of sp³-hybridized carbons (Fsp3) is 0.480. The number of alkyl carbamates (subject to hydrolysis) is 1. The number of nitrogens with zero attached hydrogens (tertiary/aromatic N) is 2. The first-order valence-corrected chi connectivity index (χ1v) is 14.9. The maximum Gasteiger partial charge on any atom is 0.407 e. The van der Waals surface area contributed by atoms with E-state index in [4.69, 9.17) is 9.47 Å². The van der Waals surface area contributed by atoms with Crippen LogP contribution in [0.5, 0.6) is 5.75 Å². The smallest absolute Gasteiger partial charge is 0.407 e. The topological polar surface area (TPSA) is 166 Å². The van der Waals surface area contributed by atoms with E-state index in [9.17, 15) is 22.8 Å². The van der Waals surface area contributed by atoms with Gasteiger partial charge in [-0.3, -0.25) is 9.59 Å². The minimum Gasteiger partial charge on any atom is -0.491 e. The number of hydrogen-bond acceptors (Lipinski definition) is 11. The average Bonchev–Trinajstić information content (AvgIpc) is 3.38. The van der Waals surface area contributed by atoms with Gasteiger partial charge in [0, 0.05) is 29.8 Å². The second-order valence-corrected chi connectivity index (χ2v) is 12.2. The van der Waals surface area contributed by atoms with Crippen LogP contribution in [0, 0.1) is 0 Å². The highest BCUT2D eigenvalue weighted by Crippen LogP contribution is 2.39. The van der Waals surface area contributed by atoms with Crippen LogP contribution in [0.3, 0.4) is 0 Å². The van der Waals surface area contributed by atoms with Crippen LogP contribution in [0.4, 0.5) is 16.2 Å². The third-order valence-electron chi connectivity index (χ3n) is 6.36. The predicted octanol–water partition coefficient (Wildman–Crippen LogP) is 3.01. The molecule has 1 aliphatic rings. The van der Waals surface area contributed by atoms with E-state index in [1.54, 1.807) is 32.9 Å². The van der Waals surface area contributed by atoms with Gasteiger partial charge in [0.05, 0.1) is 18.1 Å². The zero-order valence-corrected chi connectivity index (χ0v) is 23.7. The predicted molar refractivity (Wildman–Crippen MR) is 147 cm³/mol. The van der Waals surface area contributed by atoms with E-state index in [0.29, 0.717) is 16.3 Å². The van der Waals surface area contributed by atoms with Crippen LogP contribution in [0.25, 0.3) is 10.6 Å². The van der Waals surface area contributed by atoms with E-state index < -0.39 is 27.0 Å². The Bertz CT molecular complexity index is 1520. The number of methoxy groups -OCH3 is 1. The first-order valence-electron chi connectivity index (χ1n) is 12.6. The summed E-state index contributed by atoms with van der Waals surface area (Å²) in [5.74, 6) is 0.0439. The molecule has 0 spiro atoms. The summed E-state index contributed by atoms with van der Waals surface area (Å²) in [7, 11) is -2.64. The molecule has 0 unspecified atom stereocenters. The van der Waals surface area contributed by atoms with Gasteiger partial charge in [-0.1, -0.05) is 18.3 Å². The maximum absolute atomic E-state index is 13.1. The number of benzene rings is 1. The minimum atomic E-state index is -3.93. The lowest BCUT2D eigenvalue weighted by Crippen LogP contribution is -2.38. The van der Waals surface area contributed by atoms with E-state index >= 15 is 0 Å². The summed E-state index contributed by atoms with van der Waals surface area (Å²) in [5.41, 5.74) is -0.828. The minimum absolute atomic E-state index is 0.0252. The van der Waals surface area contributed by atoms with Crippen molar-refractivity contribution in [1.29, 1.82) is 0 Å². The molecule has 1 heterocycles. The molecule has 1 saturated carbocycles. The molecule has 39 heavy (non-hydrogen) atoms. The Kier molecular flexibility index (Phi) is 8.67. The number of hydrogen-bond donors (Lipinski definition) is 3. The van der Waals surface area contributed by atoms with Gasteiger partial charge in [0.2, 0.25) is 10.0 Å². The van der Waals surface area contributed by atoms with Crippen LogP contribution in [0.1, 0.15) is 57.4 Å². The van der Waals surface area contributed by atoms with Crippen molar-refractivity contribution in [2.45, 2.75) is 69.4 Å². The SMILES string of the molecule is CCNS(=O)(=O)c1cc(Nc2c(OC)c(=O)c2=O)ccc1-c1nnc([C@H]2CC[C@H](NC(=O)OC(C)C)CC2)s1. The van der Waals surface area contributed by atoms with E-state index in [-0.39, 0.29) is 40.9 Å². The number of carbonyl (C=O) groups is 1. The molecule has 1 amide bonds. The second-order valence-electron chi connectivity index (χ2n) is 9.50. The van der Waals surface area contributed by atoms with Gasteiger partial charge in [-0.05, 0) is 57.7 Å². The second kappa shape index (κ2) is 11.8. The zero-order chi connectivity index (χ0) is 28.3. The monoisotopic (exact) mass is 577 g/mol. The van der Waals surface area contributed by atoms with Crippen molar-refractivity contribution in [3.63, 3.8) is 0 Å². The molecule has 14 heteroatoms. The molecule has 4 rings (SSSR count). The Hall–Kier alpha value is -3.36. The highest BCUT2D eigenvalue weighted by atomic mass is 32.2. The standard InChI is InChI=1S/C25H31N5O7S2/c1-5-26-39(34,35)18-12-16(27-19-20(31)21(32)22(19)36-4)10-11-17(18)24-30-29-23(38-24)14-6-8-15(9-7-14)28-25(33)37-13(2)3/h10-15,26-27H,5-9H2,1-4H3,(H,28,33)/t14-,15-. The molecule has 12 nitrogen and oxygen atoms in total. The first kappa shape index (κ1) is 28.6. The molecular formula is C25H31N5O7S2. The molecule has 1 aromatic heterocycles. The summed E-state index contributed by atoms with van der Waals surface area (Å²) in [6.07, 6.45) is 2.55. The number of aromatic nitrogens is 2. The lowest BCUT2D eigenvalue weighted by molar-refractivity contribution is 0.109. The molecule has 0 bridgehead atoms. The van der Waals surface area contributed by atoms with Crippen molar-refractivity contribution in [1.82, 2.24) is 20.2 Å². The van der Waals surface area contributed by atoms with Crippen molar-refractivity contribution in [2.24, 2.45) is 0 Å². The molecule has 0 saturated heterocycles. The fourth-order valence-corrected chi connectivity index (χ4v) is 6.89. The molecule has 0 atom stereocenters. The summed E-state index contributed by atoms with van der Waals surface area (Å²) >= 11 is 1.33. The molecule has 1 fully saturated rings. The van der Waals surface area contributed by atoms with E-state index in [1.165, 1.54) is 24.5 Å². The van der Waals surface area contributed by atoms with Crippen molar-refractivity contribution in [3.8, 4) is 16.3 Å². The molecule has 3 aromatic rings. The normalized spacial score (nSPS) is 17.8. The van der Waals surface area contributed by atoms with Crippen LogP contribution in [0.15, 0.2) is 32.7 Å². The lowest BCUT2D eigenvalue weighted by atomic mass is 9.86. The quantitative estimate of drug-likeness (QED) is 0.305.